The number of hydrogen-bond acceptors (Lipinski definition) is 5. The zero-order valence-electron chi connectivity index (χ0n) is 7.13. The number of methoxy groups -OCH3 is 1. The summed E-state index contributed by atoms with van der Waals surface area (Å²) in [6.07, 6.45) is -3.55. The summed E-state index contributed by atoms with van der Waals surface area (Å²) in [7, 11) is 1.43. The van der Waals surface area contributed by atoms with E-state index in [1.54, 1.807) is 0 Å². The number of ether oxygens (including phenoxy) is 2. The van der Waals surface area contributed by atoms with Crippen molar-refractivity contribution in [3.8, 4) is 0 Å². The standard InChI is InChI=1S/C7H13BrO5/c1-12-7-4(8)6(11)5(10)3(2-9)13-7/h3-7,9-11H,2H2,1H3/t3-,4-,5+,6-,7+/m0/s1. The van der Waals surface area contributed by atoms with Gasteiger partial charge in [-0.2, -0.15) is 0 Å². The predicted octanol–water partition coefficient (Wildman–Crippen LogP) is -1.16. The monoisotopic (exact) mass is 256 g/mol. The van der Waals surface area contributed by atoms with Gasteiger partial charge < -0.3 is 24.8 Å². The zero-order valence-corrected chi connectivity index (χ0v) is 8.72. The maximum absolute atomic E-state index is 9.48. The fourth-order valence-corrected chi connectivity index (χ4v) is 1.89. The molecule has 0 aromatic rings. The van der Waals surface area contributed by atoms with E-state index in [-0.39, 0.29) is 6.61 Å². The molecule has 13 heavy (non-hydrogen) atoms. The number of aliphatic hydroxyl groups is 3. The first-order chi connectivity index (χ1) is 6.11. The number of rotatable bonds is 2. The van der Waals surface area contributed by atoms with Gasteiger partial charge in [0.1, 0.15) is 12.2 Å². The van der Waals surface area contributed by atoms with E-state index in [4.69, 9.17) is 14.6 Å². The van der Waals surface area contributed by atoms with Crippen LogP contribution in [0.4, 0.5) is 0 Å². The highest BCUT2D eigenvalue weighted by Crippen LogP contribution is 2.26. The van der Waals surface area contributed by atoms with Gasteiger partial charge >= 0.3 is 0 Å². The van der Waals surface area contributed by atoms with Crippen LogP contribution in [0.25, 0.3) is 0 Å². The first kappa shape index (κ1) is 11.4. The van der Waals surface area contributed by atoms with Crippen molar-refractivity contribution in [2.75, 3.05) is 13.7 Å². The largest absolute Gasteiger partial charge is 0.394 e. The van der Waals surface area contributed by atoms with Gasteiger partial charge in [-0.05, 0) is 0 Å². The van der Waals surface area contributed by atoms with E-state index in [0.717, 1.165) is 0 Å². The molecule has 0 aliphatic carbocycles. The molecule has 0 aromatic heterocycles. The van der Waals surface area contributed by atoms with Crippen molar-refractivity contribution in [3.05, 3.63) is 0 Å². The molecule has 3 N–H and O–H groups in total. The van der Waals surface area contributed by atoms with Crippen molar-refractivity contribution >= 4 is 15.9 Å². The summed E-state index contributed by atoms with van der Waals surface area (Å²) in [5.41, 5.74) is 0. The van der Waals surface area contributed by atoms with Gasteiger partial charge in [-0.1, -0.05) is 15.9 Å². The lowest BCUT2D eigenvalue weighted by Gasteiger charge is -2.39. The van der Waals surface area contributed by atoms with Crippen LogP contribution in [0.3, 0.4) is 0 Å². The average Bonchev–Trinajstić information content (AvgIpc) is 2.15. The van der Waals surface area contributed by atoms with Crippen LogP contribution in [0.15, 0.2) is 0 Å². The van der Waals surface area contributed by atoms with Crippen LogP contribution in [0.2, 0.25) is 0 Å². The minimum absolute atomic E-state index is 0.349. The summed E-state index contributed by atoms with van der Waals surface area (Å²) >= 11 is 3.14. The molecule has 0 spiro atoms. The molecule has 1 aliphatic heterocycles. The fourth-order valence-electron chi connectivity index (χ4n) is 1.23. The van der Waals surface area contributed by atoms with E-state index in [0.29, 0.717) is 0 Å². The third kappa shape index (κ3) is 2.20. The molecule has 0 bridgehead atoms. The number of hydrogen-bond donors (Lipinski definition) is 3. The van der Waals surface area contributed by atoms with Gasteiger partial charge in [0, 0.05) is 7.11 Å². The molecule has 1 heterocycles. The molecule has 0 amide bonds. The highest BCUT2D eigenvalue weighted by atomic mass is 79.9. The fraction of sp³-hybridized carbons (Fsp3) is 1.00. The van der Waals surface area contributed by atoms with Crippen molar-refractivity contribution in [1.82, 2.24) is 0 Å². The molecule has 1 saturated heterocycles. The Kier molecular flexibility index (Phi) is 4.08. The van der Waals surface area contributed by atoms with Gasteiger partial charge in [0.15, 0.2) is 6.29 Å². The quantitative estimate of drug-likeness (QED) is 0.543. The molecule has 0 saturated carbocycles. The smallest absolute Gasteiger partial charge is 0.172 e. The molecule has 1 fully saturated rings. The first-order valence-corrected chi connectivity index (χ1v) is 4.82. The Morgan fingerprint density at radius 3 is 2.46 bits per heavy atom. The molecule has 78 valence electrons. The summed E-state index contributed by atoms with van der Waals surface area (Å²) < 4.78 is 10.1. The van der Waals surface area contributed by atoms with Gasteiger partial charge in [0.05, 0.1) is 17.5 Å². The normalized spacial score (nSPS) is 46.4. The molecule has 0 radical (unpaired) electrons. The van der Waals surface area contributed by atoms with E-state index in [1.165, 1.54) is 7.11 Å². The Bertz CT molecular complexity index is 147. The Labute approximate surface area is 84.4 Å². The highest BCUT2D eigenvalue weighted by Gasteiger charge is 2.43. The summed E-state index contributed by atoms with van der Waals surface area (Å²) in [4.78, 5) is -0.490. The van der Waals surface area contributed by atoms with Gasteiger partial charge in [0.25, 0.3) is 0 Å². The van der Waals surface area contributed by atoms with Crippen molar-refractivity contribution in [2.45, 2.75) is 29.4 Å². The van der Waals surface area contributed by atoms with E-state index in [2.05, 4.69) is 15.9 Å². The number of aliphatic hydroxyl groups excluding tert-OH is 3. The van der Waals surface area contributed by atoms with Crippen LogP contribution >= 0.6 is 15.9 Å². The second-order valence-corrected chi connectivity index (χ2v) is 3.94. The molecule has 0 aromatic carbocycles. The molecule has 6 heteroatoms. The maximum atomic E-state index is 9.48. The Balaban J connectivity index is 2.66. The third-order valence-electron chi connectivity index (χ3n) is 2.04. The van der Waals surface area contributed by atoms with Crippen molar-refractivity contribution in [1.29, 1.82) is 0 Å². The minimum atomic E-state index is -1.10. The van der Waals surface area contributed by atoms with Crippen molar-refractivity contribution in [3.63, 3.8) is 0 Å². The molecule has 0 unspecified atom stereocenters. The lowest BCUT2D eigenvalue weighted by molar-refractivity contribution is -0.243. The average molecular weight is 257 g/mol. The Morgan fingerprint density at radius 1 is 1.38 bits per heavy atom. The Hall–Kier alpha value is 0.280. The van der Waals surface area contributed by atoms with E-state index in [9.17, 15) is 10.2 Å². The van der Waals surface area contributed by atoms with E-state index >= 15 is 0 Å². The predicted molar refractivity (Wildman–Crippen MR) is 47.5 cm³/mol. The summed E-state index contributed by atoms with van der Waals surface area (Å²) in [6, 6.07) is 0. The molecule has 5 nitrogen and oxygen atoms in total. The van der Waals surface area contributed by atoms with E-state index < -0.39 is 29.4 Å². The number of alkyl halides is 1. The van der Waals surface area contributed by atoms with Gasteiger partial charge in [-0.15, -0.1) is 0 Å². The van der Waals surface area contributed by atoms with Crippen molar-refractivity contribution < 1.29 is 24.8 Å². The molecular weight excluding hydrogens is 244 g/mol. The zero-order chi connectivity index (χ0) is 10.0. The summed E-state index contributed by atoms with van der Waals surface area (Å²) in [5, 5.41) is 27.7. The second kappa shape index (κ2) is 4.68. The molecular formula is C7H13BrO5. The van der Waals surface area contributed by atoms with Gasteiger partial charge in [0.2, 0.25) is 0 Å². The first-order valence-electron chi connectivity index (χ1n) is 3.91. The van der Waals surface area contributed by atoms with Crippen LogP contribution in [0.1, 0.15) is 0 Å². The van der Waals surface area contributed by atoms with Crippen LogP contribution in [-0.2, 0) is 9.47 Å². The Morgan fingerprint density at radius 2 is 2.00 bits per heavy atom. The topological polar surface area (TPSA) is 79.2 Å². The van der Waals surface area contributed by atoms with Gasteiger partial charge in [-0.3, -0.25) is 0 Å². The molecule has 1 aliphatic rings. The highest BCUT2D eigenvalue weighted by molar-refractivity contribution is 9.09. The van der Waals surface area contributed by atoms with Crippen LogP contribution < -0.4 is 0 Å². The number of halogens is 1. The molecule has 5 atom stereocenters. The van der Waals surface area contributed by atoms with E-state index in [1.807, 2.05) is 0 Å². The van der Waals surface area contributed by atoms with Crippen LogP contribution in [0.5, 0.6) is 0 Å². The van der Waals surface area contributed by atoms with Crippen LogP contribution in [-0.4, -0.2) is 58.5 Å². The molecule has 1 rings (SSSR count). The SMILES string of the molecule is CO[C@@H]1O[C@@H](CO)[C@@H](O)[C@@H](O)[C@@H]1Br. The lowest BCUT2D eigenvalue weighted by atomic mass is 10.0. The van der Waals surface area contributed by atoms with Crippen LogP contribution in [0, 0.1) is 0 Å². The summed E-state index contributed by atoms with van der Waals surface area (Å²) in [5.74, 6) is 0. The second-order valence-electron chi connectivity index (χ2n) is 2.89. The lowest BCUT2D eigenvalue weighted by Crippen LogP contribution is -2.56. The van der Waals surface area contributed by atoms with Crippen molar-refractivity contribution in [2.24, 2.45) is 0 Å². The van der Waals surface area contributed by atoms with Gasteiger partial charge in [-0.25, -0.2) is 0 Å². The minimum Gasteiger partial charge on any atom is -0.394 e. The third-order valence-corrected chi connectivity index (χ3v) is 3.01. The maximum Gasteiger partial charge on any atom is 0.172 e. The summed E-state index contributed by atoms with van der Waals surface area (Å²) in [6.45, 7) is -0.349.